The van der Waals surface area contributed by atoms with Gasteiger partial charge in [0.2, 0.25) is 10.0 Å². The first-order valence-corrected chi connectivity index (χ1v) is 11.3. The predicted octanol–water partition coefficient (Wildman–Crippen LogP) is 2.64. The average molecular weight is 424 g/mol. The van der Waals surface area contributed by atoms with E-state index < -0.39 is 10.0 Å². The van der Waals surface area contributed by atoms with Gasteiger partial charge in [-0.3, -0.25) is 4.98 Å². The molecule has 3 aromatic rings. The summed E-state index contributed by atoms with van der Waals surface area (Å²) in [5.41, 5.74) is 10.4. The van der Waals surface area contributed by atoms with E-state index in [9.17, 15) is 8.42 Å². The van der Waals surface area contributed by atoms with Crippen LogP contribution in [0.25, 0.3) is 22.3 Å². The fourth-order valence-corrected chi connectivity index (χ4v) is 4.91. The van der Waals surface area contributed by atoms with Crippen LogP contribution in [-0.2, 0) is 10.0 Å². The van der Waals surface area contributed by atoms with Gasteiger partial charge in [-0.1, -0.05) is 18.2 Å². The number of pyridine rings is 2. The zero-order valence-electron chi connectivity index (χ0n) is 17.1. The molecule has 0 atom stereocenters. The minimum Gasteiger partial charge on any atom is -0.383 e. The molecule has 0 amide bonds. The highest BCUT2D eigenvalue weighted by molar-refractivity contribution is 7.89. The number of nitrogen functional groups attached to an aromatic ring is 1. The van der Waals surface area contributed by atoms with E-state index >= 15 is 0 Å². The molecule has 1 aliphatic rings. The molecule has 0 aliphatic carbocycles. The Bertz CT molecular complexity index is 1140. The van der Waals surface area contributed by atoms with Gasteiger partial charge in [0.25, 0.3) is 0 Å². The van der Waals surface area contributed by atoms with E-state index in [0.717, 1.165) is 41.0 Å². The lowest BCUT2D eigenvalue weighted by Crippen LogP contribution is -2.46. The SMILES string of the molecule is Cc1ccc(-c2cc(-c3ccc(S(=O)(=O)N4CCN(C)CC4)cc3)cnc2N)cn1. The molecule has 0 spiro atoms. The number of nitrogens with two attached hydrogens (primary N) is 1. The number of hydrogen-bond donors (Lipinski definition) is 1. The summed E-state index contributed by atoms with van der Waals surface area (Å²) in [7, 11) is -1.48. The molecule has 0 saturated carbocycles. The van der Waals surface area contributed by atoms with Gasteiger partial charge in [-0.25, -0.2) is 13.4 Å². The van der Waals surface area contributed by atoms with Crippen LogP contribution < -0.4 is 5.73 Å². The van der Waals surface area contributed by atoms with E-state index in [1.807, 2.05) is 44.3 Å². The van der Waals surface area contributed by atoms with Gasteiger partial charge in [-0.15, -0.1) is 0 Å². The van der Waals surface area contributed by atoms with Gasteiger partial charge in [-0.2, -0.15) is 4.31 Å². The molecular formula is C22H25N5O2S. The van der Waals surface area contributed by atoms with Crippen molar-refractivity contribution in [1.82, 2.24) is 19.2 Å². The smallest absolute Gasteiger partial charge is 0.243 e. The average Bonchev–Trinajstić information content (AvgIpc) is 2.75. The van der Waals surface area contributed by atoms with Crippen LogP contribution >= 0.6 is 0 Å². The summed E-state index contributed by atoms with van der Waals surface area (Å²) in [6, 6.07) is 12.8. The summed E-state index contributed by atoms with van der Waals surface area (Å²) in [5, 5.41) is 0. The highest BCUT2D eigenvalue weighted by Crippen LogP contribution is 2.30. The number of piperazine rings is 1. The molecule has 1 aromatic carbocycles. The van der Waals surface area contributed by atoms with Gasteiger partial charge in [-0.05, 0) is 43.8 Å². The zero-order valence-corrected chi connectivity index (χ0v) is 17.9. The number of likely N-dealkylation sites (N-methyl/N-ethyl adjacent to an activating group) is 1. The van der Waals surface area contributed by atoms with Crippen LogP contribution in [-0.4, -0.2) is 60.8 Å². The summed E-state index contributed by atoms with van der Waals surface area (Å²) in [5.74, 6) is 0.429. The van der Waals surface area contributed by atoms with E-state index in [-0.39, 0.29) is 0 Å². The van der Waals surface area contributed by atoms with Gasteiger partial charge >= 0.3 is 0 Å². The molecule has 0 radical (unpaired) electrons. The van der Waals surface area contributed by atoms with Crippen molar-refractivity contribution in [3.8, 4) is 22.3 Å². The Kier molecular flexibility index (Phi) is 5.55. The van der Waals surface area contributed by atoms with Crippen LogP contribution in [0.2, 0.25) is 0 Å². The highest BCUT2D eigenvalue weighted by Gasteiger charge is 2.27. The van der Waals surface area contributed by atoms with Crippen LogP contribution in [0.1, 0.15) is 5.69 Å². The Morgan fingerprint density at radius 3 is 2.13 bits per heavy atom. The molecule has 8 heteroatoms. The van der Waals surface area contributed by atoms with Gasteiger partial charge in [0.1, 0.15) is 5.82 Å². The molecule has 1 saturated heterocycles. The van der Waals surface area contributed by atoms with Crippen LogP contribution in [0.5, 0.6) is 0 Å². The summed E-state index contributed by atoms with van der Waals surface area (Å²) < 4.78 is 27.4. The first kappa shape index (κ1) is 20.5. The van der Waals surface area contributed by atoms with Gasteiger partial charge in [0.05, 0.1) is 4.90 Å². The van der Waals surface area contributed by atoms with E-state index in [2.05, 4.69) is 14.9 Å². The van der Waals surface area contributed by atoms with Gasteiger partial charge < -0.3 is 10.6 Å². The number of benzene rings is 1. The van der Waals surface area contributed by atoms with Crippen molar-refractivity contribution in [2.75, 3.05) is 39.0 Å². The Labute approximate surface area is 177 Å². The minimum absolute atomic E-state index is 0.308. The van der Waals surface area contributed by atoms with Crippen LogP contribution in [0.3, 0.4) is 0 Å². The molecule has 1 aliphatic heterocycles. The van der Waals surface area contributed by atoms with E-state index in [0.29, 0.717) is 23.8 Å². The second-order valence-electron chi connectivity index (χ2n) is 7.58. The highest BCUT2D eigenvalue weighted by atomic mass is 32.2. The predicted molar refractivity (Wildman–Crippen MR) is 118 cm³/mol. The first-order chi connectivity index (χ1) is 14.3. The molecule has 1 fully saturated rings. The summed E-state index contributed by atoms with van der Waals surface area (Å²) in [4.78, 5) is 11.1. The Balaban J connectivity index is 1.61. The first-order valence-electron chi connectivity index (χ1n) is 9.82. The number of rotatable bonds is 4. The normalized spacial score (nSPS) is 15.9. The summed E-state index contributed by atoms with van der Waals surface area (Å²) in [6.45, 7) is 4.43. The topological polar surface area (TPSA) is 92.4 Å². The Hall–Kier alpha value is -2.81. The third-order valence-corrected chi connectivity index (χ3v) is 7.34. The van der Waals surface area contributed by atoms with Crippen molar-refractivity contribution in [1.29, 1.82) is 0 Å². The maximum atomic E-state index is 12.9. The monoisotopic (exact) mass is 423 g/mol. The fraction of sp³-hybridized carbons (Fsp3) is 0.273. The standard InChI is InChI=1S/C22H25N5O2S/c1-16-3-4-18(14-24-16)21-13-19(15-25-22(21)23)17-5-7-20(8-6-17)30(28,29)27-11-9-26(2)10-12-27/h3-8,13-15H,9-12H2,1-2H3,(H2,23,25). The number of nitrogens with zero attached hydrogens (tertiary/aromatic N) is 4. The van der Waals surface area contributed by atoms with Gasteiger partial charge in [0, 0.05) is 61.0 Å². The van der Waals surface area contributed by atoms with Crippen molar-refractivity contribution in [3.05, 3.63) is 60.6 Å². The molecule has 30 heavy (non-hydrogen) atoms. The molecule has 0 bridgehead atoms. The zero-order chi connectivity index (χ0) is 21.3. The lowest BCUT2D eigenvalue weighted by molar-refractivity contribution is 0.222. The van der Waals surface area contributed by atoms with E-state index in [1.165, 1.54) is 0 Å². The van der Waals surface area contributed by atoms with Crippen molar-refractivity contribution in [3.63, 3.8) is 0 Å². The van der Waals surface area contributed by atoms with E-state index in [4.69, 9.17) is 5.73 Å². The largest absolute Gasteiger partial charge is 0.383 e. The number of aromatic nitrogens is 2. The van der Waals surface area contributed by atoms with Crippen LogP contribution in [0, 0.1) is 6.92 Å². The van der Waals surface area contributed by atoms with Crippen molar-refractivity contribution < 1.29 is 8.42 Å². The van der Waals surface area contributed by atoms with Crippen LogP contribution in [0.4, 0.5) is 5.82 Å². The number of hydrogen-bond acceptors (Lipinski definition) is 6. The molecule has 3 heterocycles. The second kappa shape index (κ2) is 8.14. The molecule has 0 unspecified atom stereocenters. The third kappa shape index (κ3) is 4.07. The molecule has 7 nitrogen and oxygen atoms in total. The molecule has 2 aromatic heterocycles. The molecule has 4 rings (SSSR count). The molecule has 156 valence electrons. The summed E-state index contributed by atoms with van der Waals surface area (Å²) in [6.07, 6.45) is 3.47. The number of anilines is 1. The molecule has 2 N–H and O–H groups in total. The number of sulfonamides is 1. The lowest BCUT2D eigenvalue weighted by Gasteiger charge is -2.31. The van der Waals surface area contributed by atoms with E-state index in [1.54, 1.807) is 28.8 Å². The maximum absolute atomic E-state index is 12.9. The van der Waals surface area contributed by atoms with Crippen molar-refractivity contribution in [2.24, 2.45) is 0 Å². The van der Waals surface area contributed by atoms with Crippen molar-refractivity contribution in [2.45, 2.75) is 11.8 Å². The minimum atomic E-state index is -3.48. The quantitative estimate of drug-likeness (QED) is 0.694. The Morgan fingerprint density at radius 1 is 0.867 bits per heavy atom. The van der Waals surface area contributed by atoms with Gasteiger partial charge in [0.15, 0.2) is 0 Å². The number of aryl methyl sites for hydroxylation is 1. The lowest BCUT2D eigenvalue weighted by atomic mass is 10.0. The Morgan fingerprint density at radius 2 is 1.50 bits per heavy atom. The maximum Gasteiger partial charge on any atom is 0.243 e. The second-order valence-corrected chi connectivity index (χ2v) is 9.51. The summed E-state index contributed by atoms with van der Waals surface area (Å²) >= 11 is 0. The molecular weight excluding hydrogens is 398 g/mol. The van der Waals surface area contributed by atoms with Crippen LogP contribution in [0.15, 0.2) is 59.8 Å². The third-order valence-electron chi connectivity index (χ3n) is 5.43. The van der Waals surface area contributed by atoms with Crippen molar-refractivity contribution >= 4 is 15.8 Å². The fourth-order valence-electron chi connectivity index (χ4n) is 3.49.